The molecule has 36 heteroatoms. The highest BCUT2D eigenvalue weighted by Crippen LogP contribution is 2.66. The number of rotatable bonds is 20. The number of alkyl halides is 34. The molecule has 0 spiro atoms. The van der Waals surface area contributed by atoms with Crippen molar-refractivity contribution in [2.24, 2.45) is 0 Å². The minimum Gasteiger partial charge on any atom is -0.456 e. The lowest BCUT2D eigenvalue weighted by Gasteiger charge is -2.43. The van der Waals surface area contributed by atoms with Crippen LogP contribution in [0, 0.1) is 0 Å². The molecular weight excluding hydrogens is 990 g/mol. The van der Waals surface area contributed by atoms with Gasteiger partial charge in [0.1, 0.15) is 5.60 Å². The molecule has 0 radical (unpaired) electrons. The van der Waals surface area contributed by atoms with Gasteiger partial charge in [0.25, 0.3) is 0 Å². The zero-order valence-corrected chi connectivity index (χ0v) is 28.7. The second-order valence-electron chi connectivity index (χ2n) is 12.9. The van der Waals surface area contributed by atoms with Crippen molar-refractivity contribution < 1.29 is 159 Å². The Morgan fingerprint density at radius 2 is 0.516 bits per heavy atom. The number of hydrogen-bond donors (Lipinski definition) is 0. The van der Waals surface area contributed by atoms with Crippen molar-refractivity contribution in [2.75, 3.05) is 0 Å². The topological polar surface area (TPSA) is 26.3 Å². The minimum atomic E-state index is -9.19. The fourth-order valence-electron chi connectivity index (χ4n) is 4.09. The molecular formula is C26H16F34O2. The summed E-state index contributed by atoms with van der Waals surface area (Å²) in [4.78, 5) is 11.9. The van der Waals surface area contributed by atoms with Crippen LogP contribution in [0.1, 0.15) is 39.5 Å². The summed E-state index contributed by atoms with van der Waals surface area (Å²) < 4.78 is 465. The lowest BCUT2D eigenvalue weighted by atomic mass is 9.83. The van der Waals surface area contributed by atoms with Crippen LogP contribution in [0.25, 0.3) is 0 Å². The molecule has 0 N–H and O–H groups in total. The van der Waals surface area contributed by atoms with Crippen LogP contribution in [-0.4, -0.2) is 107 Å². The number of ether oxygens (including phenoxy) is 1. The summed E-state index contributed by atoms with van der Waals surface area (Å²) in [7, 11) is 0. The van der Waals surface area contributed by atoms with Gasteiger partial charge >= 0.3 is 101 Å². The average molecular weight is 1010 g/mol. The fourth-order valence-corrected chi connectivity index (χ4v) is 4.09. The van der Waals surface area contributed by atoms with E-state index >= 15 is 0 Å². The van der Waals surface area contributed by atoms with E-state index in [1.54, 1.807) is 0 Å². The lowest BCUT2D eigenvalue weighted by Crippen LogP contribution is -2.74. The molecule has 0 heterocycles. The first-order valence-corrected chi connectivity index (χ1v) is 14.6. The Morgan fingerprint density at radius 3 is 0.694 bits per heavy atom. The molecule has 370 valence electrons. The monoisotopic (exact) mass is 1010 g/mol. The van der Waals surface area contributed by atoms with Gasteiger partial charge in [0, 0.05) is 18.4 Å². The molecule has 0 aromatic heterocycles. The molecule has 0 unspecified atom stereocenters. The predicted octanol–water partition coefficient (Wildman–Crippen LogP) is 13.4. The zero-order valence-electron chi connectivity index (χ0n) is 28.7. The molecule has 0 atom stereocenters. The Hall–Kier alpha value is -3.17. The van der Waals surface area contributed by atoms with Gasteiger partial charge in [0.2, 0.25) is 0 Å². The Balaban J connectivity index is 7.24. The van der Waals surface area contributed by atoms with Gasteiger partial charge in [-0.05, 0) is 26.7 Å². The highest BCUT2D eigenvalue weighted by Gasteiger charge is 2.97. The first-order valence-electron chi connectivity index (χ1n) is 14.6. The molecule has 0 fully saturated rings. The third kappa shape index (κ3) is 8.33. The average Bonchev–Trinajstić information content (AvgIpc) is 3.04. The number of carbonyl (C=O) groups excluding carboxylic acids is 1. The van der Waals surface area contributed by atoms with Crippen LogP contribution in [0.3, 0.4) is 0 Å². The van der Waals surface area contributed by atoms with Crippen molar-refractivity contribution >= 4 is 5.97 Å². The Bertz CT molecular complexity index is 1530. The third-order valence-electron chi connectivity index (χ3n) is 8.20. The van der Waals surface area contributed by atoms with Crippen molar-refractivity contribution in [1.29, 1.82) is 0 Å². The Labute approximate surface area is 318 Å². The van der Waals surface area contributed by atoms with Crippen LogP contribution in [0.5, 0.6) is 0 Å². The SMILES string of the molecule is C=C(C)C(=O)OC(C)(CCC(F)(F)C(F)(F)C(F)(F)C(F)(F)C(F)(F)C(F)(F)C(F)(F)C(F)(F)F)CCC(F)(F)C(F)(F)C(F)(F)C(F)(F)C(F)(F)C(F)(F)C(F)(F)C(F)(F)F. The van der Waals surface area contributed by atoms with Crippen LogP contribution in [-0.2, 0) is 9.53 Å². The molecule has 0 aromatic rings. The molecule has 2 nitrogen and oxygen atoms in total. The van der Waals surface area contributed by atoms with Gasteiger partial charge in [-0.3, -0.25) is 0 Å². The van der Waals surface area contributed by atoms with E-state index in [9.17, 15) is 154 Å². The standard InChI is InChI=1S/C26H16F34O2/c1-8(2)9(61)62-10(3,4-6-11(27,28)13(31,32)15(35,36)17(39,40)19(43,44)21(47,48)23(51,52)25(55,56)57)5-7-12(29,30)14(33,34)16(37,38)18(41,42)20(45,46)22(49,50)24(53,54)26(58,59)60/h1,4-7H2,2-3H3. The van der Waals surface area contributed by atoms with E-state index in [2.05, 4.69) is 11.3 Å². The van der Waals surface area contributed by atoms with Crippen molar-refractivity contribution in [3.05, 3.63) is 12.2 Å². The number of hydrogen-bond acceptors (Lipinski definition) is 2. The van der Waals surface area contributed by atoms with Gasteiger partial charge < -0.3 is 4.74 Å². The maximum atomic E-state index is 14.5. The van der Waals surface area contributed by atoms with Crippen molar-refractivity contribution in [3.63, 3.8) is 0 Å². The first-order chi connectivity index (χ1) is 26.2. The zero-order chi connectivity index (χ0) is 51.2. The van der Waals surface area contributed by atoms with Crippen LogP contribution >= 0.6 is 0 Å². The number of esters is 1. The molecule has 0 bridgehead atoms. The van der Waals surface area contributed by atoms with E-state index in [0.29, 0.717) is 6.92 Å². The van der Waals surface area contributed by atoms with Crippen molar-refractivity contribution in [2.45, 2.75) is 140 Å². The van der Waals surface area contributed by atoms with Gasteiger partial charge in [-0.25, -0.2) is 4.79 Å². The van der Waals surface area contributed by atoms with E-state index < -0.39 is 145 Å². The van der Waals surface area contributed by atoms with Gasteiger partial charge in [0.05, 0.1) is 0 Å². The van der Waals surface area contributed by atoms with Crippen LogP contribution in [0.4, 0.5) is 149 Å². The molecule has 0 amide bonds. The largest absolute Gasteiger partial charge is 0.460 e. The molecule has 0 aliphatic heterocycles. The van der Waals surface area contributed by atoms with Crippen molar-refractivity contribution in [1.82, 2.24) is 0 Å². The van der Waals surface area contributed by atoms with Crippen LogP contribution in [0.2, 0.25) is 0 Å². The van der Waals surface area contributed by atoms with Gasteiger partial charge in [0.15, 0.2) is 0 Å². The highest BCUT2D eigenvalue weighted by atomic mass is 19.4. The fraction of sp³-hybridized carbons (Fsp3) is 0.885. The summed E-state index contributed by atoms with van der Waals surface area (Å²) in [5, 5.41) is 0. The van der Waals surface area contributed by atoms with Gasteiger partial charge in [-0.2, -0.15) is 149 Å². The second kappa shape index (κ2) is 15.5. The third-order valence-corrected chi connectivity index (χ3v) is 8.20. The summed E-state index contributed by atoms with van der Waals surface area (Å²) in [6.45, 7) is 2.55. The van der Waals surface area contributed by atoms with Crippen LogP contribution < -0.4 is 0 Å². The summed E-state index contributed by atoms with van der Waals surface area (Å²) in [6.07, 6.45) is -29.7. The molecule has 0 saturated heterocycles. The van der Waals surface area contributed by atoms with Crippen LogP contribution in [0.15, 0.2) is 12.2 Å². The lowest BCUT2D eigenvalue weighted by molar-refractivity contribution is -0.462. The smallest absolute Gasteiger partial charge is 0.456 e. The quantitative estimate of drug-likeness (QED) is 0.0690. The van der Waals surface area contributed by atoms with E-state index in [1.165, 1.54) is 0 Å². The summed E-state index contributed by atoms with van der Waals surface area (Å²) >= 11 is 0. The molecule has 0 aliphatic carbocycles. The number of carbonyl (C=O) groups is 1. The predicted molar refractivity (Wildman–Crippen MR) is 129 cm³/mol. The Morgan fingerprint density at radius 1 is 0.339 bits per heavy atom. The first kappa shape index (κ1) is 58.8. The van der Waals surface area contributed by atoms with E-state index in [4.69, 9.17) is 0 Å². The van der Waals surface area contributed by atoms with Crippen molar-refractivity contribution in [3.8, 4) is 0 Å². The maximum Gasteiger partial charge on any atom is 0.460 e. The molecule has 0 aliphatic rings. The molecule has 0 aromatic carbocycles. The van der Waals surface area contributed by atoms with Gasteiger partial charge in [-0.15, -0.1) is 0 Å². The second-order valence-corrected chi connectivity index (χ2v) is 12.9. The summed E-state index contributed by atoms with van der Waals surface area (Å²) in [5.74, 6) is -124. The van der Waals surface area contributed by atoms with E-state index in [-0.39, 0.29) is 0 Å². The summed E-state index contributed by atoms with van der Waals surface area (Å²) in [6, 6.07) is 0. The highest BCUT2D eigenvalue weighted by molar-refractivity contribution is 5.87. The molecule has 0 saturated carbocycles. The number of halogens is 34. The Kier molecular flexibility index (Phi) is 14.7. The molecule has 62 heavy (non-hydrogen) atoms. The minimum absolute atomic E-state index is 0.371. The van der Waals surface area contributed by atoms with E-state index in [1.807, 2.05) is 0 Å². The maximum absolute atomic E-state index is 14.5. The normalized spacial score (nSPS) is 16.5. The molecule has 0 rings (SSSR count). The van der Waals surface area contributed by atoms with Gasteiger partial charge in [-0.1, -0.05) is 6.58 Å². The van der Waals surface area contributed by atoms with E-state index in [0.717, 1.165) is 0 Å². The summed E-state index contributed by atoms with van der Waals surface area (Å²) in [5.41, 5.74) is -5.36.